The SMILES string of the molecule is CCn1nc(CO)c2c1CCN(C(=O)NCc1cc(-c3ccccn3)no1)C2. The van der Waals surface area contributed by atoms with Crippen molar-refractivity contribution in [2.45, 2.75) is 39.6 Å². The van der Waals surface area contributed by atoms with E-state index >= 15 is 0 Å². The Morgan fingerprint density at radius 2 is 2.25 bits per heavy atom. The molecule has 0 aromatic carbocycles. The van der Waals surface area contributed by atoms with E-state index in [-0.39, 0.29) is 19.2 Å². The number of aliphatic hydroxyl groups excluding tert-OH is 1. The second-order valence-corrected chi connectivity index (χ2v) is 6.57. The average molecular weight is 382 g/mol. The fourth-order valence-corrected chi connectivity index (χ4v) is 3.43. The summed E-state index contributed by atoms with van der Waals surface area (Å²) in [4.78, 5) is 18.5. The molecule has 1 aliphatic heterocycles. The third-order valence-electron chi connectivity index (χ3n) is 4.85. The first kappa shape index (κ1) is 18.2. The molecular weight excluding hydrogens is 360 g/mol. The maximum atomic E-state index is 12.6. The predicted octanol–water partition coefficient (Wildman–Crippen LogP) is 1.71. The highest BCUT2D eigenvalue weighted by atomic mass is 16.5. The van der Waals surface area contributed by atoms with Gasteiger partial charge in [-0.2, -0.15) is 5.10 Å². The number of carbonyl (C=O) groups excluding carboxylic acids is 1. The van der Waals surface area contributed by atoms with Crippen molar-refractivity contribution < 1.29 is 14.4 Å². The Bertz CT molecular complexity index is 965. The van der Waals surface area contributed by atoms with Crippen LogP contribution in [-0.4, -0.2) is 42.5 Å². The summed E-state index contributed by atoms with van der Waals surface area (Å²) >= 11 is 0. The molecule has 9 heteroatoms. The van der Waals surface area contributed by atoms with E-state index in [0.717, 1.165) is 29.9 Å². The molecule has 146 valence electrons. The van der Waals surface area contributed by atoms with Crippen LogP contribution in [0.2, 0.25) is 0 Å². The maximum absolute atomic E-state index is 12.6. The summed E-state index contributed by atoms with van der Waals surface area (Å²) in [7, 11) is 0. The number of aliphatic hydroxyl groups is 1. The molecule has 0 aliphatic carbocycles. The third-order valence-corrected chi connectivity index (χ3v) is 4.85. The number of pyridine rings is 1. The Morgan fingerprint density at radius 3 is 3.00 bits per heavy atom. The number of aromatic nitrogens is 4. The number of urea groups is 1. The van der Waals surface area contributed by atoms with Crippen molar-refractivity contribution >= 4 is 6.03 Å². The predicted molar refractivity (Wildman–Crippen MR) is 99.9 cm³/mol. The molecule has 0 saturated carbocycles. The molecule has 28 heavy (non-hydrogen) atoms. The first-order valence-corrected chi connectivity index (χ1v) is 9.27. The van der Waals surface area contributed by atoms with Gasteiger partial charge in [-0.25, -0.2) is 4.79 Å². The number of hydrogen-bond acceptors (Lipinski definition) is 6. The van der Waals surface area contributed by atoms with E-state index in [9.17, 15) is 9.90 Å². The molecule has 2 amide bonds. The van der Waals surface area contributed by atoms with Crippen LogP contribution in [0.25, 0.3) is 11.4 Å². The summed E-state index contributed by atoms with van der Waals surface area (Å²) < 4.78 is 7.20. The van der Waals surface area contributed by atoms with Crippen LogP contribution in [-0.2, 0) is 32.7 Å². The summed E-state index contributed by atoms with van der Waals surface area (Å²) in [6.45, 7) is 3.92. The molecule has 0 atom stereocenters. The maximum Gasteiger partial charge on any atom is 0.318 e. The van der Waals surface area contributed by atoms with Crippen LogP contribution in [0.5, 0.6) is 0 Å². The highest BCUT2D eigenvalue weighted by molar-refractivity contribution is 5.74. The molecule has 0 saturated heterocycles. The van der Waals surface area contributed by atoms with Gasteiger partial charge in [0.2, 0.25) is 0 Å². The van der Waals surface area contributed by atoms with Gasteiger partial charge in [-0.15, -0.1) is 0 Å². The van der Waals surface area contributed by atoms with Crippen LogP contribution in [0.15, 0.2) is 35.0 Å². The van der Waals surface area contributed by atoms with Crippen molar-refractivity contribution in [3.8, 4) is 11.4 Å². The normalized spacial score (nSPS) is 13.4. The molecule has 0 unspecified atom stereocenters. The average Bonchev–Trinajstić information content (AvgIpc) is 3.36. The van der Waals surface area contributed by atoms with Gasteiger partial charge in [0.25, 0.3) is 0 Å². The van der Waals surface area contributed by atoms with Crippen molar-refractivity contribution in [2.75, 3.05) is 6.54 Å². The number of amides is 2. The molecule has 1 aliphatic rings. The molecule has 0 spiro atoms. The lowest BCUT2D eigenvalue weighted by molar-refractivity contribution is 0.189. The molecule has 4 rings (SSSR count). The van der Waals surface area contributed by atoms with E-state index in [4.69, 9.17) is 4.52 Å². The number of nitrogens with zero attached hydrogens (tertiary/aromatic N) is 5. The quantitative estimate of drug-likeness (QED) is 0.695. The van der Waals surface area contributed by atoms with Gasteiger partial charge < -0.3 is 19.8 Å². The minimum atomic E-state index is -0.186. The molecule has 0 radical (unpaired) electrons. The summed E-state index contributed by atoms with van der Waals surface area (Å²) in [5, 5.41) is 20.8. The van der Waals surface area contributed by atoms with E-state index in [0.29, 0.717) is 30.2 Å². The Balaban J connectivity index is 1.39. The highest BCUT2D eigenvalue weighted by Gasteiger charge is 2.26. The lowest BCUT2D eigenvalue weighted by atomic mass is 10.1. The summed E-state index contributed by atoms with van der Waals surface area (Å²) in [5.41, 5.74) is 4.04. The number of carbonyl (C=O) groups is 1. The van der Waals surface area contributed by atoms with Crippen molar-refractivity contribution in [1.29, 1.82) is 0 Å². The zero-order valence-electron chi connectivity index (χ0n) is 15.6. The van der Waals surface area contributed by atoms with Crippen molar-refractivity contribution in [3.63, 3.8) is 0 Å². The van der Waals surface area contributed by atoms with Gasteiger partial charge in [0.05, 0.1) is 31.1 Å². The molecule has 3 aromatic heterocycles. The summed E-state index contributed by atoms with van der Waals surface area (Å²) in [6, 6.07) is 7.15. The van der Waals surface area contributed by atoms with Gasteiger partial charge >= 0.3 is 6.03 Å². The number of rotatable bonds is 5. The molecule has 9 nitrogen and oxygen atoms in total. The standard InChI is InChI=1S/C19H22N6O3/c1-2-25-18-6-8-24(11-14(18)17(12-26)22-25)19(27)21-10-13-9-16(23-28-13)15-5-3-4-7-20-15/h3-5,7,9,26H,2,6,8,10-12H2,1H3,(H,21,27). The van der Waals surface area contributed by atoms with Crippen LogP contribution >= 0.6 is 0 Å². The zero-order chi connectivity index (χ0) is 19.5. The van der Waals surface area contributed by atoms with Crippen LogP contribution in [0.1, 0.15) is 29.6 Å². The largest absolute Gasteiger partial charge is 0.390 e. The Morgan fingerprint density at radius 1 is 1.36 bits per heavy atom. The lowest BCUT2D eigenvalue weighted by Crippen LogP contribution is -2.42. The third kappa shape index (κ3) is 3.48. The van der Waals surface area contributed by atoms with Gasteiger partial charge in [0, 0.05) is 43.0 Å². The van der Waals surface area contributed by atoms with Gasteiger partial charge in [-0.1, -0.05) is 11.2 Å². The molecule has 0 bridgehead atoms. The smallest absolute Gasteiger partial charge is 0.318 e. The van der Waals surface area contributed by atoms with Crippen LogP contribution in [0.4, 0.5) is 4.79 Å². The van der Waals surface area contributed by atoms with Crippen molar-refractivity contribution in [1.82, 2.24) is 30.1 Å². The number of hydrogen-bond donors (Lipinski definition) is 2. The minimum Gasteiger partial charge on any atom is -0.390 e. The fourth-order valence-electron chi connectivity index (χ4n) is 3.43. The highest BCUT2D eigenvalue weighted by Crippen LogP contribution is 2.23. The minimum absolute atomic E-state index is 0.126. The Hall–Kier alpha value is -3.20. The van der Waals surface area contributed by atoms with Gasteiger partial charge in [0.15, 0.2) is 5.76 Å². The van der Waals surface area contributed by atoms with Gasteiger partial charge in [-0.3, -0.25) is 9.67 Å². The monoisotopic (exact) mass is 382 g/mol. The van der Waals surface area contributed by atoms with Gasteiger partial charge in [-0.05, 0) is 19.1 Å². The molecular formula is C19H22N6O3. The van der Waals surface area contributed by atoms with Crippen LogP contribution in [0, 0.1) is 0 Å². The summed E-state index contributed by atoms with van der Waals surface area (Å²) in [6.07, 6.45) is 2.41. The Labute approximate surface area is 162 Å². The number of aryl methyl sites for hydroxylation is 1. The number of nitrogens with one attached hydrogen (secondary N) is 1. The van der Waals surface area contributed by atoms with Crippen LogP contribution < -0.4 is 5.32 Å². The van der Waals surface area contributed by atoms with Crippen molar-refractivity contribution in [2.24, 2.45) is 0 Å². The van der Waals surface area contributed by atoms with Crippen molar-refractivity contribution in [3.05, 3.63) is 53.2 Å². The number of fused-ring (bicyclic) bond motifs is 1. The van der Waals surface area contributed by atoms with Crippen LogP contribution in [0.3, 0.4) is 0 Å². The molecule has 2 N–H and O–H groups in total. The van der Waals surface area contributed by atoms with E-state index in [1.165, 1.54) is 0 Å². The molecule has 4 heterocycles. The summed E-state index contributed by atoms with van der Waals surface area (Å²) in [5.74, 6) is 0.557. The first-order chi connectivity index (χ1) is 13.7. The molecule has 3 aromatic rings. The zero-order valence-corrected chi connectivity index (χ0v) is 15.6. The van der Waals surface area contributed by atoms with E-state index < -0.39 is 0 Å². The molecule has 0 fully saturated rings. The first-order valence-electron chi connectivity index (χ1n) is 9.27. The second kappa shape index (κ2) is 7.81. The lowest BCUT2D eigenvalue weighted by Gasteiger charge is -2.27. The fraction of sp³-hybridized carbons (Fsp3) is 0.368. The van der Waals surface area contributed by atoms with E-state index in [2.05, 4.69) is 20.6 Å². The van der Waals surface area contributed by atoms with Gasteiger partial charge in [0.1, 0.15) is 5.69 Å². The second-order valence-electron chi connectivity index (χ2n) is 6.57. The topological polar surface area (TPSA) is 109 Å². The van der Waals surface area contributed by atoms with E-state index in [1.54, 1.807) is 17.2 Å². The Kier molecular flexibility index (Phi) is 5.07. The van der Waals surface area contributed by atoms with E-state index in [1.807, 2.05) is 29.8 Å².